The second-order valence-electron chi connectivity index (χ2n) is 8.91. The minimum absolute atomic E-state index is 0.0508. The SMILES string of the molecule is CCN(CC)S(=O)(=O)c1ccc(N2CC(C(=O)N3CCN(C(=O)C4CC4)CC3)CC2=O)cc1. The van der Waals surface area contributed by atoms with E-state index < -0.39 is 15.9 Å². The molecule has 0 bridgehead atoms. The van der Waals surface area contributed by atoms with Gasteiger partial charge in [0.15, 0.2) is 0 Å². The molecule has 1 aromatic rings. The second-order valence-corrected chi connectivity index (χ2v) is 10.9. The van der Waals surface area contributed by atoms with Gasteiger partial charge in [-0.05, 0) is 37.1 Å². The van der Waals surface area contributed by atoms with Crippen molar-refractivity contribution in [3.05, 3.63) is 24.3 Å². The zero-order valence-corrected chi connectivity index (χ0v) is 20.1. The third-order valence-electron chi connectivity index (χ3n) is 6.80. The number of carbonyl (C=O) groups excluding carboxylic acids is 3. The number of sulfonamides is 1. The van der Waals surface area contributed by atoms with E-state index in [1.165, 1.54) is 16.4 Å². The zero-order valence-electron chi connectivity index (χ0n) is 19.3. The van der Waals surface area contributed by atoms with Crippen molar-refractivity contribution < 1.29 is 22.8 Å². The van der Waals surface area contributed by atoms with Crippen molar-refractivity contribution in [2.45, 2.75) is 38.0 Å². The molecule has 3 aliphatic rings. The van der Waals surface area contributed by atoms with Crippen LogP contribution < -0.4 is 4.90 Å². The van der Waals surface area contributed by atoms with Crippen molar-refractivity contribution in [3.63, 3.8) is 0 Å². The Labute approximate surface area is 195 Å². The lowest BCUT2D eigenvalue weighted by Gasteiger charge is -2.36. The molecule has 10 heteroatoms. The number of anilines is 1. The molecule has 0 N–H and O–H groups in total. The Morgan fingerprint density at radius 1 is 0.909 bits per heavy atom. The van der Waals surface area contributed by atoms with Gasteiger partial charge in [-0.3, -0.25) is 14.4 Å². The first kappa shape index (κ1) is 23.7. The predicted octanol–water partition coefficient (Wildman–Crippen LogP) is 1.15. The summed E-state index contributed by atoms with van der Waals surface area (Å²) in [5, 5.41) is 0. The van der Waals surface area contributed by atoms with E-state index in [9.17, 15) is 22.8 Å². The van der Waals surface area contributed by atoms with E-state index in [1.54, 1.807) is 35.8 Å². The highest BCUT2D eigenvalue weighted by Crippen LogP contribution is 2.32. The molecule has 1 unspecified atom stereocenters. The summed E-state index contributed by atoms with van der Waals surface area (Å²) in [7, 11) is -3.56. The molecule has 0 spiro atoms. The van der Waals surface area contributed by atoms with Crippen LogP contribution in [-0.2, 0) is 24.4 Å². The average molecular weight is 477 g/mol. The van der Waals surface area contributed by atoms with Crippen LogP contribution >= 0.6 is 0 Å². The lowest BCUT2D eigenvalue weighted by molar-refractivity contribution is -0.142. The Morgan fingerprint density at radius 3 is 1.91 bits per heavy atom. The molecule has 2 saturated heterocycles. The maximum absolute atomic E-state index is 13.0. The van der Waals surface area contributed by atoms with Gasteiger partial charge >= 0.3 is 0 Å². The summed E-state index contributed by atoms with van der Waals surface area (Å²) in [6.45, 7) is 6.74. The molecule has 4 rings (SSSR count). The molecule has 3 fully saturated rings. The summed E-state index contributed by atoms with van der Waals surface area (Å²) in [5.41, 5.74) is 0.591. The van der Waals surface area contributed by atoms with Gasteiger partial charge in [0.05, 0.1) is 10.8 Å². The number of benzene rings is 1. The molecule has 180 valence electrons. The van der Waals surface area contributed by atoms with Gasteiger partial charge in [-0.15, -0.1) is 0 Å². The van der Waals surface area contributed by atoms with Gasteiger partial charge in [0.2, 0.25) is 27.7 Å². The normalized spacial score (nSPS) is 21.7. The maximum atomic E-state index is 13.0. The van der Waals surface area contributed by atoms with E-state index in [0.717, 1.165) is 12.8 Å². The quantitative estimate of drug-likeness (QED) is 0.588. The molecule has 0 aromatic heterocycles. The molecule has 0 radical (unpaired) electrons. The Kier molecular flexibility index (Phi) is 6.76. The Morgan fingerprint density at radius 2 is 1.42 bits per heavy atom. The minimum Gasteiger partial charge on any atom is -0.339 e. The smallest absolute Gasteiger partial charge is 0.243 e. The summed E-state index contributed by atoms with van der Waals surface area (Å²) in [6.07, 6.45) is 2.08. The fourth-order valence-corrected chi connectivity index (χ4v) is 6.09. The first-order valence-corrected chi connectivity index (χ1v) is 13.2. The first-order chi connectivity index (χ1) is 15.8. The lowest BCUT2D eigenvalue weighted by Crippen LogP contribution is -2.52. The molecule has 1 aliphatic carbocycles. The number of hydrogen-bond acceptors (Lipinski definition) is 5. The summed E-state index contributed by atoms with van der Waals surface area (Å²) in [5.74, 6) is -0.236. The standard InChI is InChI=1S/C23H32N4O5S/c1-3-26(4-2)33(31,32)20-9-7-19(8-10-20)27-16-18(15-21(27)28)23(30)25-13-11-24(12-14-25)22(29)17-5-6-17/h7-10,17-18H,3-6,11-16H2,1-2H3. The van der Waals surface area contributed by atoms with Crippen molar-refractivity contribution in [2.75, 3.05) is 50.7 Å². The fraction of sp³-hybridized carbons (Fsp3) is 0.609. The highest BCUT2D eigenvalue weighted by Gasteiger charge is 2.39. The van der Waals surface area contributed by atoms with Gasteiger partial charge in [0, 0.05) is 63.8 Å². The van der Waals surface area contributed by atoms with Crippen LogP contribution in [0.3, 0.4) is 0 Å². The maximum Gasteiger partial charge on any atom is 0.243 e. The van der Waals surface area contributed by atoms with Crippen LogP contribution in [-0.4, -0.2) is 86.1 Å². The molecular formula is C23H32N4O5S. The van der Waals surface area contributed by atoms with Gasteiger partial charge < -0.3 is 14.7 Å². The van der Waals surface area contributed by atoms with E-state index in [-0.39, 0.29) is 41.5 Å². The van der Waals surface area contributed by atoms with Gasteiger partial charge in [0.1, 0.15) is 0 Å². The Hall–Kier alpha value is -2.46. The third kappa shape index (κ3) is 4.77. The number of nitrogens with zero attached hydrogens (tertiary/aromatic N) is 4. The number of hydrogen-bond donors (Lipinski definition) is 0. The van der Waals surface area contributed by atoms with Crippen LogP contribution in [0.25, 0.3) is 0 Å². The molecule has 1 saturated carbocycles. The predicted molar refractivity (Wildman–Crippen MR) is 123 cm³/mol. The first-order valence-electron chi connectivity index (χ1n) is 11.7. The van der Waals surface area contributed by atoms with Crippen molar-refractivity contribution in [1.82, 2.24) is 14.1 Å². The molecule has 1 atom stereocenters. The molecule has 9 nitrogen and oxygen atoms in total. The molecule has 1 aromatic carbocycles. The number of carbonyl (C=O) groups is 3. The largest absolute Gasteiger partial charge is 0.339 e. The average Bonchev–Trinajstić information content (AvgIpc) is 3.60. The van der Waals surface area contributed by atoms with E-state index in [0.29, 0.717) is 45.0 Å². The summed E-state index contributed by atoms with van der Waals surface area (Å²) in [4.78, 5) is 43.3. The molecule has 2 heterocycles. The Bertz CT molecular complexity index is 1010. The highest BCUT2D eigenvalue weighted by molar-refractivity contribution is 7.89. The van der Waals surface area contributed by atoms with E-state index in [1.807, 2.05) is 4.90 Å². The van der Waals surface area contributed by atoms with Crippen LogP contribution in [0, 0.1) is 11.8 Å². The number of rotatable bonds is 7. The minimum atomic E-state index is -3.56. The van der Waals surface area contributed by atoms with Crippen LogP contribution in [0.15, 0.2) is 29.2 Å². The van der Waals surface area contributed by atoms with Gasteiger partial charge in [-0.2, -0.15) is 4.31 Å². The van der Waals surface area contributed by atoms with Crippen LogP contribution in [0.5, 0.6) is 0 Å². The number of piperazine rings is 1. The van der Waals surface area contributed by atoms with Crippen LogP contribution in [0.2, 0.25) is 0 Å². The monoisotopic (exact) mass is 476 g/mol. The summed E-state index contributed by atoms with van der Waals surface area (Å²) in [6, 6.07) is 6.29. The van der Waals surface area contributed by atoms with Crippen molar-refractivity contribution in [1.29, 1.82) is 0 Å². The molecule has 33 heavy (non-hydrogen) atoms. The van der Waals surface area contributed by atoms with E-state index >= 15 is 0 Å². The molecule has 2 aliphatic heterocycles. The van der Waals surface area contributed by atoms with Crippen LogP contribution in [0.1, 0.15) is 33.1 Å². The van der Waals surface area contributed by atoms with Gasteiger partial charge in [-0.25, -0.2) is 8.42 Å². The summed E-state index contributed by atoms with van der Waals surface area (Å²) >= 11 is 0. The van der Waals surface area contributed by atoms with E-state index in [2.05, 4.69) is 0 Å². The Balaban J connectivity index is 1.37. The molecule has 3 amide bonds. The van der Waals surface area contributed by atoms with Crippen molar-refractivity contribution in [3.8, 4) is 0 Å². The van der Waals surface area contributed by atoms with Gasteiger partial charge in [0.25, 0.3) is 0 Å². The lowest BCUT2D eigenvalue weighted by atomic mass is 10.1. The number of amides is 3. The van der Waals surface area contributed by atoms with Crippen molar-refractivity contribution >= 4 is 33.4 Å². The van der Waals surface area contributed by atoms with Crippen LogP contribution in [0.4, 0.5) is 5.69 Å². The molecular weight excluding hydrogens is 444 g/mol. The second kappa shape index (κ2) is 9.42. The fourth-order valence-electron chi connectivity index (χ4n) is 4.63. The third-order valence-corrected chi connectivity index (χ3v) is 8.86. The topological polar surface area (TPSA) is 98.3 Å². The summed E-state index contributed by atoms with van der Waals surface area (Å²) < 4.78 is 26.8. The van der Waals surface area contributed by atoms with Crippen molar-refractivity contribution in [2.24, 2.45) is 11.8 Å². The van der Waals surface area contributed by atoms with E-state index in [4.69, 9.17) is 0 Å². The zero-order chi connectivity index (χ0) is 23.8. The van der Waals surface area contributed by atoms with Gasteiger partial charge in [-0.1, -0.05) is 13.8 Å². The highest BCUT2D eigenvalue weighted by atomic mass is 32.2.